The Morgan fingerprint density at radius 1 is 1.18 bits per heavy atom. The van der Waals surface area contributed by atoms with Crippen LogP contribution >= 0.6 is 35.0 Å². The average molecular weight is 511 g/mol. The molecule has 2 aromatic carbocycles. The molecular weight excluding hydrogens is 491 g/mol. The van der Waals surface area contributed by atoms with Crippen molar-refractivity contribution in [2.75, 3.05) is 35.7 Å². The first-order valence-corrected chi connectivity index (χ1v) is 12.5. The van der Waals surface area contributed by atoms with E-state index in [0.29, 0.717) is 44.7 Å². The molecule has 1 amide bonds. The van der Waals surface area contributed by atoms with E-state index in [-0.39, 0.29) is 5.91 Å². The molecule has 34 heavy (non-hydrogen) atoms. The monoisotopic (exact) mass is 510 g/mol. The summed E-state index contributed by atoms with van der Waals surface area (Å²) in [7, 11) is 0. The summed E-state index contributed by atoms with van der Waals surface area (Å²) in [6, 6.07) is 11.4. The van der Waals surface area contributed by atoms with Crippen molar-refractivity contribution in [2.24, 2.45) is 0 Å². The minimum Gasteiger partial charge on any atom is -0.324 e. The minimum atomic E-state index is -0.233. The predicted octanol–water partition coefficient (Wildman–Crippen LogP) is 5.51. The zero-order valence-corrected chi connectivity index (χ0v) is 20.4. The van der Waals surface area contributed by atoms with E-state index < -0.39 is 0 Å². The van der Waals surface area contributed by atoms with Crippen LogP contribution in [0.2, 0.25) is 10.0 Å². The highest BCUT2D eigenvalue weighted by Gasteiger charge is 2.30. The van der Waals surface area contributed by atoms with E-state index in [1.165, 1.54) is 22.9 Å². The van der Waals surface area contributed by atoms with Gasteiger partial charge < -0.3 is 10.2 Å². The third-order valence-electron chi connectivity index (χ3n) is 5.85. The summed E-state index contributed by atoms with van der Waals surface area (Å²) in [6.45, 7) is 10.1. The van der Waals surface area contributed by atoms with E-state index >= 15 is 0 Å². The number of para-hydroxylation sites is 1. The van der Waals surface area contributed by atoms with Gasteiger partial charge in [-0.25, -0.2) is 16.5 Å². The maximum Gasteiger partial charge on any atom is 0.263 e. The summed E-state index contributed by atoms with van der Waals surface area (Å²) < 4.78 is 0. The van der Waals surface area contributed by atoms with Gasteiger partial charge in [0.15, 0.2) is 0 Å². The highest BCUT2D eigenvalue weighted by molar-refractivity contribution is 7.99. The zero-order valence-electron chi connectivity index (χ0n) is 18.1. The molecule has 2 aliphatic heterocycles. The number of nitrogens with one attached hydrogen (secondary N) is 1. The zero-order chi connectivity index (χ0) is 23.7. The Hall–Kier alpha value is -2.83. The number of amides is 1. The number of nitrogens with zero attached hydrogens (tertiary/aromatic N) is 5. The predicted molar refractivity (Wildman–Crippen MR) is 136 cm³/mol. The van der Waals surface area contributed by atoms with Gasteiger partial charge in [0.25, 0.3) is 5.91 Å². The van der Waals surface area contributed by atoms with Crippen LogP contribution in [0.3, 0.4) is 0 Å². The van der Waals surface area contributed by atoms with Crippen molar-refractivity contribution in [3.8, 4) is 0 Å². The van der Waals surface area contributed by atoms with E-state index in [0.717, 1.165) is 31.7 Å². The van der Waals surface area contributed by atoms with Gasteiger partial charge in [-0.1, -0.05) is 47.1 Å². The van der Waals surface area contributed by atoms with E-state index in [9.17, 15) is 4.79 Å². The van der Waals surface area contributed by atoms with E-state index in [2.05, 4.69) is 37.2 Å². The molecule has 172 valence electrons. The van der Waals surface area contributed by atoms with Gasteiger partial charge in [0.05, 0.1) is 33.7 Å². The maximum atomic E-state index is 13.1. The summed E-state index contributed by atoms with van der Waals surface area (Å²) in [5.41, 5.74) is 4.38. The lowest BCUT2D eigenvalue weighted by Gasteiger charge is -2.29. The number of thioether (sulfide) groups is 1. The molecule has 3 aromatic rings. The van der Waals surface area contributed by atoms with Gasteiger partial charge in [-0.2, -0.15) is 0 Å². The van der Waals surface area contributed by atoms with Crippen LogP contribution in [0.5, 0.6) is 0 Å². The standard InChI is InChI=1S/C24H20Cl2N6OS/c1-27-8-10-31-9-7-15-5-6-17(11-16(15)13-31)29-24-28-12-18-22(30-24)34-14-32(23(18)33)21-19(25)3-2-4-20(21)26/h2-6,11-12H,7-10,13-14H2,(H,28,29,30). The van der Waals surface area contributed by atoms with Crippen molar-refractivity contribution in [3.63, 3.8) is 0 Å². The number of benzene rings is 2. The van der Waals surface area contributed by atoms with E-state index in [1.54, 1.807) is 29.3 Å². The van der Waals surface area contributed by atoms with Gasteiger partial charge in [-0.15, -0.1) is 0 Å². The van der Waals surface area contributed by atoms with Crippen LogP contribution in [0.4, 0.5) is 17.3 Å². The van der Waals surface area contributed by atoms with E-state index in [4.69, 9.17) is 29.8 Å². The van der Waals surface area contributed by atoms with Gasteiger partial charge in [0.1, 0.15) is 5.03 Å². The molecule has 1 aromatic heterocycles. The van der Waals surface area contributed by atoms with Crippen LogP contribution in [0.15, 0.2) is 47.6 Å². The molecule has 2 aliphatic rings. The van der Waals surface area contributed by atoms with Crippen LogP contribution < -0.4 is 10.2 Å². The summed E-state index contributed by atoms with van der Waals surface area (Å²) in [5, 5.41) is 4.73. The van der Waals surface area contributed by atoms with E-state index in [1.807, 2.05) is 6.07 Å². The Morgan fingerprint density at radius 2 is 2.00 bits per heavy atom. The molecule has 0 saturated heterocycles. The fourth-order valence-corrected chi connectivity index (χ4v) is 5.68. The van der Waals surface area contributed by atoms with Crippen molar-refractivity contribution < 1.29 is 4.79 Å². The van der Waals surface area contributed by atoms with Crippen LogP contribution in [0.25, 0.3) is 4.85 Å². The number of fused-ring (bicyclic) bond motifs is 2. The molecule has 0 atom stereocenters. The highest BCUT2D eigenvalue weighted by Crippen LogP contribution is 2.39. The molecule has 5 rings (SSSR count). The molecule has 0 fully saturated rings. The third kappa shape index (κ3) is 4.57. The second kappa shape index (κ2) is 9.80. The Balaban J connectivity index is 1.34. The third-order valence-corrected chi connectivity index (χ3v) is 7.43. The number of rotatable bonds is 5. The summed E-state index contributed by atoms with van der Waals surface area (Å²) >= 11 is 14.1. The Labute approximate surface area is 211 Å². The Bertz CT molecular complexity index is 1290. The van der Waals surface area contributed by atoms with Gasteiger partial charge in [-0.05, 0) is 41.8 Å². The van der Waals surface area contributed by atoms with Crippen LogP contribution in [-0.2, 0) is 13.0 Å². The maximum absolute atomic E-state index is 13.1. The largest absolute Gasteiger partial charge is 0.324 e. The fraction of sp³-hybridized carbons (Fsp3) is 0.250. The van der Waals surface area contributed by atoms with Gasteiger partial charge in [-0.3, -0.25) is 14.6 Å². The second-order valence-corrected chi connectivity index (χ2v) is 9.75. The minimum absolute atomic E-state index is 0.233. The number of halogens is 2. The van der Waals surface area contributed by atoms with Crippen LogP contribution in [0.1, 0.15) is 21.5 Å². The first-order chi connectivity index (χ1) is 16.5. The first-order valence-electron chi connectivity index (χ1n) is 10.7. The molecule has 1 N–H and O–H groups in total. The summed E-state index contributed by atoms with van der Waals surface area (Å²) in [5.74, 6) is 0.554. The Kier molecular flexibility index (Phi) is 6.61. The molecule has 0 bridgehead atoms. The molecular formula is C24H20Cl2N6OS. The normalized spacial score (nSPS) is 15.4. The quantitative estimate of drug-likeness (QED) is 0.360. The number of anilines is 3. The van der Waals surface area contributed by atoms with Crippen molar-refractivity contribution in [3.05, 3.63) is 80.7 Å². The molecule has 0 unspecified atom stereocenters. The van der Waals surface area contributed by atoms with Gasteiger partial charge >= 0.3 is 0 Å². The molecule has 7 nitrogen and oxygen atoms in total. The summed E-state index contributed by atoms with van der Waals surface area (Å²) in [4.78, 5) is 29.4. The highest BCUT2D eigenvalue weighted by atomic mass is 35.5. The van der Waals surface area contributed by atoms with Crippen molar-refractivity contribution in [1.82, 2.24) is 14.9 Å². The smallest absolute Gasteiger partial charge is 0.263 e. The lowest BCUT2D eigenvalue weighted by molar-refractivity contribution is 0.0985. The van der Waals surface area contributed by atoms with Gasteiger partial charge in [0, 0.05) is 25.0 Å². The average Bonchev–Trinajstić information content (AvgIpc) is 2.83. The van der Waals surface area contributed by atoms with Crippen LogP contribution in [0, 0.1) is 6.57 Å². The molecule has 0 radical (unpaired) electrons. The van der Waals surface area contributed by atoms with Crippen molar-refractivity contribution in [2.45, 2.75) is 18.0 Å². The lowest BCUT2D eigenvalue weighted by atomic mass is 9.99. The van der Waals surface area contributed by atoms with Crippen molar-refractivity contribution >= 4 is 58.2 Å². The first kappa shape index (κ1) is 22.9. The number of aromatic nitrogens is 2. The number of hydrogen-bond donors (Lipinski definition) is 1. The van der Waals surface area contributed by atoms with Gasteiger partial charge in [0.2, 0.25) is 12.5 Å². The molecule has 0 saturated carbocycles. The molecule has 10 heteroatoms. The Morgan fingerprint density at radius 3 is 2.79 bits per heavy atom. The number of carbonyl (C=O) groups excluding carboxylic acids is 1. The van der Waals surface area contributed by atoms with Crippen LogP contribution in [-0.4, -0.2) is 46.3 Å². The molecule has 3 heterocycles. The lowest BCUT2D eigenvalue weighted by Crippen LogP contribution is -2.35. The van der Waals surface area contributed by atoms with Crippen molar-refractivity contribution in [1.29, 1.82) is 0 Å². The number of hydrogen-bond acceptors (Lipinski definition) is 6. The fourth-order valence-electron chi connectivity index (χ4n) is 4.13. The topological polar surface area (TPSA) is 65.7 Å². The summed E-state index contributed by atoms with van der Waals surface area (Å²) in [6.07, 6.45) is 2.52. The SMILES string of the molecule is [C-]#[N+]CCN1CCc2ccc(Nc3ncc4c(n3)SCN(c3c(Cl)cccc3Cl)C4=O)cc2C1. The second-order valence-electron chi connectivity index (χ2n) is 8.01. The number of carbonyl (C=O) groups is 1. The molecule has 0 spiro atoms. The molecule has 0 aliphatic carbocycles.